The molecule has 1 aromatic carbocycles. The summed E-state index contributed by atoms with van der Waals surface area (Å²) < 4.78 is 0. The quantitative estimate of drug-likeness (QED) is 0.766. The second kappa shape index (κ2) is 7.15. The SMILES string of the molecule is CC1(C(=O)NC2CCN(C(=O)Nc3ccccc3)CC2)CC12CCNCC2. The molecule has 3 aliphatic rings. The van der Waals surface area contributed by atoms with Gasteiger partial charge in [-0.05, 0) is 62.7 Å². The maximum Gasteiger partial charge on any atom is 0.321 e. The van der Waals surface area contributed by atoms with Crippen molar-refractivity contribution in [3.05, 3.63) is 30.3 Å². The van der Waals surface area contributed by atoms with Crippen LogP contribution in [0.5, 0.6) is 0 Å². The smallest absolute Gasteiger partial charge is 0.321 e. The summed E-state index contributed by atoms with van der Waals surface area (Å²) in [5, 5.41) is 9.61. The van der Waals surface area contributed by atoms with Gasteiger partial charge in [-0.2, -0.15) is 0 Å². The summed E-state index contributed by atoms with van der Waals surface area (Å²) in [7, 11) is 0. The number of nitrogens with one attached hydrogen (secondary N) is 3. The number of carbonyl (C=O) groups is 2. The number of hydrogen-bond acceptors (Lipinski definition) is 3. The highest BCUT2D eigenvalue weighted by molar-refractivity contribution is 5.89. The molecular weight excluding hydrogens is 340 g/mol. The van der Waals surface area contributed by atoms with E-state index < -0.39 is 0 Å². The van der Waals surface area contributed by atoms with Gasteiger partial charge in [-0.3, -0.25) is 4.79 Å². The number of nitrogens with zero attached hydrogens (tertiary/aromatic N) is 1. The molecule has 27 heavy (non-hydrogen) atoms. The van der Waals surface area contributed by atoms with Gasteiger partial charge < -0.3 is 20.9 Å². The minimum Gasteiger partial charge on any atom is -0.353 e. The minimum atomic E-state index is -0.198. The van der Waals surface area contributed by atoms with Gasteiger partial charge in [0.2, 0.25) is 5.91 Å². The molecule has 1 aromatic rings. The lowest BCUT2D eigenvalue weighted by atomic mass is 9.85. The number of piperidine rings is 2. The monoisotopic (exact) mass is 370 g/mol. The summed E-state index contributed by atoms with van der Waals surface area (Å²) in [6.07, 6.45) is 4.87. The predicted octanol–water partition coefficient (Wildman–Crippen LogP) is 2.58. The van der Waals surface area contributed by atoms with E-state index in [1.807, 2.05) is 35.2 Å². The minimum absolute atomic E-state index is 0.0613. The maximum absolute atomic E-state index is 12.9. The van der Waals surface area contributed by atoms with Gasteiger partial charge in [0, 0.05) is 24.8 Å². The van der Waals surface area contributed by atoms with E-state index in [2.05, 4.69) is 22.9 Å². The van der Waals surface area contributed by atoms with Crippen LogP contribution in [0.25, 0.3) is 0 Å². The van der Waals surface area contributed by atoms with Crippen molar-refractivity contribution in [2.24, 2.45) is 10.8 Å². The molecular formula is C21H30N4O2. The molecule has 6 heteroatoms. The first-order chi connectivity index (χ1) is 13.0. The molecule has 2 heterocycles. The highest BCUT2D eigenvalue weighted by Gasteiger charge is 2.67. The van der Waals surface area contributed by atoms with Crippen molar-refractivity contribution in [2.45, 2.75) is 45.1 Å². The van der Waals surface area contributed by atoms with Crippen molar-refractivity contribution >= 4 is 17.6 Å². The lowest BCUT2D eigenvalue weighted by molar-refractivity contribution is -0.128. The van der Waals surface area contributed by atoms with E-state index in [1.54, 1.807) is 0 Å². The molecule has 0 aromatic heterocycles. The highest BCUT2D eigenvalue weighted by atomic mass is 16.2. The van der Waals surface area contributed by atoms with Gasteiger partial charge in [-0.15, -0.1) is 0 Å². The Kier molecular flexibility index (Phi) is 4.84. The third-order valence-corrected chi connectivity index (χ3v) is 6.94. The second-order valence-corrected chi connectivity index (χ2v) is 8.57. The number of rotatable bonds is 3. The zero-order chi connectivity index (χ0) is 18.9. The number of benzene rings is 1. The number of carbonyl (C=O) groups excluding carboxylic acids is 2. The van der Waals surface area contributed by atoms with Gasteiger partial charge >= 0.3 is 6.03 Å². The third-order valence-electron chi connectivity index (χ3n) is 6.94. The number of urea groups is 1. The van der Waals surface area contributed by atoms with Crippen molar-refractivity contribution < 1.29 is 9.59 Å². The molecule has 1 unspecified atom stereocenters. The molecule has 3 amide bonds. The first kappa shape index (κ1) is 18.3. The summed E-state index contributed by atoms with van der Waals surface area (Å²) in [4.78, 5) is 27.1. The van der Waals surface area contributed by atoms with E-state index in [1.165, 1.54) is 0 Å². The molecule has 3 fully saturated rings. The Morgan fingerprint density at radius 3 is 2.44 bits per heavy atom. The van der Waals surface area contributed by atoms with Gasteiger partial charge in [0.1, 0.15) is 0 Å². The fraction of sp³-hybridized carbons (Fsp3) is 0.619. The Morgan fingerprint density at radius 2 is 1.78 bits per heavy atom. The molecule has 2 saturated heterocycles. The summed E-state index contributed by atoms with van der Waals surface area (Å²) in [5.74, 6) is 0.219. The maximum atomic E-state index is 12.9. The number of likely N-dealkylation sites (tertiary alicyclic amines) is 1. The van der Waals surface area contributed by atoms with Crippen LogP contribution in [0.1, 0.15) is 39.0 Å². The van der Waals surface area contributed by atoms with Gasteiger partial charge in [-0.25, -0.2) is 4.79 Å². The predicted molar refractivity (Wildman–Crippen MR) is 105 cm³/mol. The molecule has 6 nitrogen and oxygen atoms in total. The molecule has 1 aliphatic carbocycles. The lowest BCUT2D eigenvalue weighted by Crippen LogP contribution is -2.49. The fourth-order valence-corrected chi connectivity index (χ4v) is 4.88. The first-order valence-corrected chi connectivity index (χ1v) is 10.2. The number of anilines is 1. The van der Waals surface area contributed by atoms with Crippen molar-refractivity contribution in [1.82, 2.24) is 15.5 Å². The topological polar surface area (TPSA) is 73.5 Å². The summed E-state index contributed by atoms with van der Waals surface area (Å²) in [6, 6.07) is 9.63. The molecule has 1 saturated carbocycles. The van der Waals surface area contributed by atoms with E-state index >= 15 is 0 Å². The zero-order valence-corrected chi connectivity index (χ0v) is 16.1. The largest absolute Gasteiger partial charge is 0.353 e. The highest BCUT2D eigenvalue weighted by Crippen LogP contribution is 2.68. The Labute approximate surface area is 161 Å². The molecule has 146 valence electrons. The number of para-hydroxylation sites is 1. The Morgan fingerprint density at radius 1 is 1.11 bits per heavy atom. The Hall–Kier alpha value is -2.08. The van der Waals surface area contributed by atoms with Gasteiger partial charge in [0.05, 0.1) is 5.41 Å². The molecule has 0 bridgehead atoms. The molecule has 2 aliphatic heterocycles. The number of amides is 3. The average molecular weight is 370 g/mol. The molecule has 4 rings (SSSR count). The normalized spacial score (nSPS) is 27.2. The Balaban J connectivity index is 1.25. The first-order valence-electron chi connectivity index (χ1n) is 10.2. The van der Waals surface area contributed by atoms with Crippen LogP contribution in [-0.4, -0.2) is 49.1 Å². The summed E-state index contributed by atoms with van der Waals surface area (Å²) in [5.41, 5.74) is 0.835. The van der Waals surface area contributed by atoms with Gasteiger partial charge in [0.25, 0.3) is 0 Å². The van der Waals surface area contributed by atoms with Crippen LogP contribution in [-0.2, 0) is 4.79 Å². The summed E-state index contributed by atoms with van der Waals surface area (Å²) >= 11 is 0. The molecule has 1 atom stereocenters. The van der Waals surface area contributed by atoms with Crippen LogP contribution < -0.4 is 16.0 Å². The van der Waals surface area contributed by atoms with Crippen LogP contribution in [0.3, 0.4) is 0 Å². The summed E-state index contributed by atoms with van der Waals surface area (Å²) in [6.45, 7) is 5.54. The van der Waals surface area contributed by atoms with E-state index in [0.29, 0.717) is 13.1 Å². The van der Waals surface area contributed by atoms with Crippen molar-refractivity contribution in [1.29, 1.82) is 0 Å². The fourth-order valence-electron chi connectivity index (χ4n) is 4.88. The Bertz CT molecular complexity index is 693. The third kappa shape index (κ3) is 3.55. The van der Waals surface area contributed by atoms with Crippen LogP contribution in [0.4, 0.5) is 10.5 Å². The van der Waals surface area contributed by atoms with Gasteiger partial charge in [0.15, 0.2) is 0 Å². The van der Waals surface area contributed by atoms with E-state index in [9.17, 15) is 9.59 Å². The average Bonchev–Trinajstić information content (AvgIpc) is 3.27. The molecule has 0 radical (unpaired) electrons. The van der Waals surface area contributed by atoms with Crippen molar-refractivity contribution in [3.8, 4) is 0 Å². The van der Waals surface area contributed by atoms with Crippen LogP contribution in [0, 0.1) is 10.8 Å². The van der Waals surface area contributed by atoms with Crippen LogP contribution in [0.15, 0.2) is 30.3 Å². The van der Waals surface area contributed by atoms with Crippen LogP contribution >= 0.6 is 0 Å². The standard InChI is InChI=1S/C21H30N4O2/c1-20(15-21(20)9-11-22-12-10-21)18(26)23-17-7-13-25(14-8-17)19(27)24-16-5-3-2-4-6-16/h2-6,17,22H,7-15H2,1H3,(H,23,26)(H,24,27). The van der Waals surface area contributed by atoms with Crippen molar-refractivity contribution in [2.75, 3.05) is 31.5 Å². The van der Waals surface area contributed by atoms with Crippen LogP contribution in [0.2, 0.25) is 0 Å². The molecule has 3 N–H and O–H groups in total. The zero-order valence-electron chi connectivity index (χ0n) is 16.1. The van der Waals surface area contributed by atoms with E-state index in [0.717, 1.165) is 50.9 Å². The molecule has 1 spiro atoms. The number of hydrogen-bond donors (Lipinski definition) is 3. The van der Waals surface area contributed by atoms with Gasteiger partial charge in [-0.1, -0.05) is 25.1 Å². The lowest BCUT2D eigenvalue weighted by Gasteiger charge is -2.34. The van der Waals surface area contributed by atoms with E-state index in [-0.39, 0.29) is 28.8 Å². The van der Waals surface area contributed by atoms with E-state index in [4.69, 9.17) is 0 Å². The van der Waals surface area contributed by atoms with Crippen molar-refractivity contribution in [3.63, 3.8) is 0 Å². The second-order valence-electron chi connectivity index (χ2n) is 8.57.